The summed E-state index contributed by atoms with van der Waals surface area (Å²) in [6.07, 6.45) is 1.08. The van der Waals surface area contributed by atoms with Crippen LogP contribution in [0, 0.1) is 5.92 Å². The minimum atomic E-state index is -0.267. The third-order valence-corrected chi connectivity index (χ3v) is 4.67. The first-order valence-electron chi connectivity index (χ1n) is 8.88. The predicted octanol–water partition coefficient (Wildman–Crippen LogP) is 2.40. The molecule has 136 valence electrons. The number of hydrogen-bond donors (Lipinski definition) is 1. The van der Waals surface area contributed by atoms with E-state index in [1.54, 1.807) is 12.0 Å². The molecule has 0 spiro atoms. The Bertz CT molecular complexity index is 744. The number of carbonyl (C=O) groups is 2. The molecule has 0 saturated carbocycles. The molecule has 0 aromatic heterocycles. The fraction of sp³-hybridized carbons (Fsp3) is 0.333. The van der Waals surface area contributed by atoms with Crippen molar-refractivity contribution in [2.75, 3.05) is 20.2 Å². The number of rotatable bonds is 7. The van der Waals surface area contributed by atoms with Crippen LogP contribution in [0.4, 0.5) is 0 Å². The van der Waals surface area contributed by atoms with Crippen molar-refractivity contribution in [3.8, 4) is 5.75 Å². The minimum absolute atomic E-state index is 0.0315. The molecule has 1 saturated heterocycles. The number of nitrogens with one attached hydrogen (secondary N) is 1. The molecule has 2 aromatic carbocycles. The van der Waals surface area contributed by atoms with Crippen LogP contribution in [-0.2, 0) is 22.6 Å². The van der Waals surface area contributed by atoms with Gasteiger partial charge in [0.25, 0.3) is 0 Å². The quantitative estimate of drug-likeness (QED) is 0.832. The first-order chi connectivity index (χ1) is 12.7. The van der Waals surface area contributed by atoms with Crippen LogP contribution in [0.1, 0.15) is 17.5 Å². The van der Waals surface area contributed by atoms with Crippen molar-refractivity contribution < 1.29 is 14.3 Å². The van der Waals surface area contributed by atoms with Gasteiger partial charge in [0, 0.05) is 26.1 Å². The van der Waals surface area contributed by atoms with E-state index in [1.165, 1.54) is 5.56 Å². The zero-order valence-corrected chi connectivity index (χ0v) is 15.0. The second-order valence-corrected chi connectivity index (χ2v) is 6.55. The van der Waals surface area contributed by atoms with Gasteiger partial charge in [0.15, 0.2) is 0 Å². The average molecular weight is 352 g/mol. The van der Waals surface area contributed by atoms with Crippen LogP contribution in [0.5, 0.6) is 5.75 Å². The molecule has 0 unspecified atom stereocenters. The zero-order chi connectivity index (χ0) is 18.4. The van der Waals surface area contributed by atoms with Gasteiger partial charge in [-0.2, -0.15) is 0 Å². The van der Waals surface area contributed by atoms with Crippen molar-refractivity contribution in [2.24, 2.45) is 5.92 Å². The van der Waals surface area contributed by atoms with Gasteiger partial charge in [0.05, 0.1) is 13.0 Å². The van der Waals surface area contributed by atoms with Crippen LogP contribution < -0.4 is 10.1 Å². The van der Waals surface area contributed by atoms with E-state index in [2.05, 4.69) is 5.32 Å². The fourth-order valence-corrected chi connectivity index (χ4v) is 3.17. The molecule has 0 radical (unpaired) electrons. The number of methoxy groups -OCH3 is 1. The van der Waals surface area contributed by atoms with Gasteiger partial charge in [-0.25, -0.2) is 0 Å². The smallest absolute Gasteiger partial charge is 0.225 e. The minimum Gasteiger partial charge on any atom is -0.497 e. The van der Waals surface area contributed by atoms with Gasteiger partial charge in [-0.05, 0) is 29.7 Å². The molecule has 1 atom stereocenters. The zero-order valence-electron chi connectivity index (χ0n) is 15.0. The second kappa shape index (κ2) is 8.52. The van der Waals surface area contributed by atoms with Gasteiger partial charge in [-0.15, -0.1) is 0 Å². The van der Waals surface area contributed by atoms with Gasteiger partial charge in [0.1, 0.15) is 5.75 Å². The van der Waals surface area contributed by atoms with E-state index in [-0.39, 0.29) is 24.2 Å². The van der Waals surface area contributed by atoms with Crippen LogP contribution in [-0.4, -0.2) is 36.9 Å². The number of amides is 2. The van der Waals surface area contributed by atoms with Crippen molar-refractivity contribution >= 4 is 11.8 Å². The lowest BCUT2D eigenvalue weighted by Gasteiger charge is -2.17. The summed E-state index contributed by atoms with van der Waals surface area (Å²) >= 11 is 0. The summed E-state index contributed by atoms with van der Waals surface area (Å²) < 4.78 is 5.14. The summed E-state index contributed by atoms with van der Waals surface area (Å²) in [5.74, 6) is 0.518. The molecule has 5 nitrogen and oxygen atoms in total. The van der Waals surface area contributed by atoms with Gasteiger partial charge >= 0.3 is 0 Å². The summed E-state index contributed by atoms with van der Waals surface area (Å²) in [5.41, 5.74) is 2.22. The Morgan fingerprint density at radius 3 is 2.54 bits per heavy atom. The van der Waals surface area contributed by atoms with Crippen LogP contribution in [0.2, 0.25) is 0 Å². The molecule has 0 aliphatic carbocycles. The van der Waals surface area contributed by atoms with E-state index in [1.807, 2.05) is 54.6 Å². The third kappa shape index (κ3) is 4.63. The number of hydrogen-bond acceptors (Lipinski definition) is 3. The lowest BCUT2D eigenvalue weighted by molar-refractivity contribution is -0.129. The van der Waals surface area contributed by atoms with Crippen LogP contribution in [0.15, 0.2) is 54.6 Å². The van der Waals surface area contributed by atoms with Crippen molar-refractivity contribution in [2.45, 2.75) is 19.4 Å². The Hall–Kier alpha value is -2.82. The fourth-order valence-electron chi connectivity index (χ4n) is 3.17. The standard InChI is InChI=1S/C21H24N2O3/c1-26-19-9-7-17(8-10-19)14-23-15-18(13-20(23)24)21(25)22-12-11-16-5-3-2-4-6-16/h2-10,18H,11-15H2,1H3,(H,22,25)/t18-/m0/s1. The highest BCUT2D eigenvalue weighted by Crippen LogP contribution is 2.21. The Kier molecular flexibility index (Phi) is 5.89. The molecule has 1 fully saturated rings. The maximum Gasteiger partial charge on any atom is 0.225 e. The first-order valence-corrected chi connectivity index (χ1v) is 8.88. The maximum absolute atomic E-state index is 12.4. The summed E-state index contributed by atoms with van der Waals surface area (Å²) in [4.78, 5) is 26.3. The Labute approximate surface area is 154 Å². The molecule has 1 aliphatic rings. The van der Waals surface area contributed by atoms with E-state index < -0.39 is 0 Å². The van der Waals surface area contributed by atoms with Gasteiger partial charge in [-0.3, -0.25) is 9.59 Å². The highest BCUT2D eigenvalue weighted by atomic mass is 16.5. The molecule has 3 rings (SSSR count). The predicted molar refractivity (Wildman–Crippen MR) is 99.7 cm³/mol. The number of ether oxygens (including phenoxy) is 1. The summed E-state index contributed by atoms with van der Waals surface area (Å²) in [6, 6.07) is 17.7. The third-order valence-electron chi connectivity index (χ3n) is 4.67. The number of carbonyl (C=O) groups excluding carboxylic acids is 2. The second-order valence-electron chi connectivity index (χ2n) is 6.55. The van der Waals surface area contributed by atoms with Crippen molar-refractivity contribution in [1.82, 2.24) is 10.2 Å². The average Bonchev–Trinajstić information content (AvgIpc) is 3.04. The summed E-state index contributed by atoms with van der Waals surface area (Å²) in [7, 11) is 1.63. The van der Waals surface area contributed by atoms with E-state index >= 15 is 0 Å². The highest BCUT2D eigenvalue weighted by Gasteiger charge is 2.33. The Balaban J connectivity index is 1.47. The largest absolute Gasteiger partial charge is 0.497 e. The molecule has 26 heavy (non-hydrogen) atoms. The SMILES string of the molecule is COc1ccc(CN2C[C@@H](C(=O)NCCc3ccccc3)CC2=O)cc1. The van der Waals surface area contributed by atoms with E-state index in [9.17, 15) is 9.59 Å². The molecular formula is C21H24N2O3. The van der Waals surface area contributed by atoms with Crippen molar-refractivity contribution in [3.05, 3.63) is 65.7 Å². The number of benzene rings is 2. The molecular weight excluding hydrogens is 328 g/mol. The molecule has 2 amide bonds. The summed E-state index contributed by atoms with van der Waals surface area (Å²) in [6.45, 7) is 1.59. The van der Waals surface area contributed by atoms with Gasteiger partial charge < -0.3 is 15.0 Å². The Morgan fingerprint density at radius 1 is 1.12 bits per heavy atom. The molecule has 5 heteroatoms. The lowest BCUT2D eigenvalue weighted by atomic mass is 10.1. The number of nitrogens with zero attached hydrogens (tertiary/aromatic N) is 1. The molecule has 0 bridgehead atoms. The van der Waals surface area contributed by atoms with Crippen LogP contribution in [0.3, 0.4) is 0 Å². The first kappa shape index (κ1) is 18.0. The molecule has 1 heterocycles. The van der Waals surface area contributed by atoms with Crippen molar-refractivity contribution in [3.63, 3.8) is 0 Å². The Morgan fingerprint density at radius 2 is 1.85 bits per heavy atom. The van der Waals surface area contributed by atoms with E-state index in [4.69, 9.17) is 4.74 Å². The monoisotopic (exact) mass is 352 g/mol. The summed E-state index contributed by atoms with van der Waals surface area (Å²) in [5, 5.41) is 2.96. The van der Waals surface area contributed by atoms with E-state index in [0.29, 0.717) is 19.6 Å². The lowest BCUT2D eigenvalue weighted by Crippen LogP contribution is -2.34. The van der Waals surface area contributed by atoms with Crippen molar-refractivity contribution in [1.29, 1.82) is 0 Å². The van der Waals surface area contributed by atoms with Crippen LogP contribution in [0.25, 0.3) is 0 Å². The van der Waals surface area contributed by atoms with Crippen LogP contribution >= 0.6 is 0 Å². The molecule has 1 N–H and O–H groups in total. The molecule has 1 aliphatic heterocycles. The topological polar surface area (TPSA) is 58.6 Å². The maximum atomic E-state index is 12.4. The highest BCUT2D eigenvalue weighted by molar-refractivity contribution is 5.89. The van der Waals surface area contributed by atoms with Gasteiger partial charge in [0.2, 0.25) is 11.8 Å². The molecule has 2 aromatic rings. The number of likely N-dealkylation sites (tertiary alicyclic amines) is 1. The van der Waals surface area contributed by atoms with E-state index in [0.717, 1.165) is 17.7 Å². The normalized spacial score (nSPS) is 16.6. The van der Waals surface area contributed by atoms with Gasteiger partial charge in [-0.1, -0.05) is 42.5 Å².